The van der Waals surface area contributed by atoms with E-state index >= 15 is 0 Å². The van der Waals surface area contributed by atoms with E-state index in [2.05, 4.69) is 15.4 Å². The summed E-state index contributed by atoms with van der Waals surface area (Å²) in [5.74, 6) is 2.08. The first kappa shape index (κ1) is 16.6. The van der Waals surface area contributed by atoms with Crippen LogP contribution in [0.2, 0.25) is 0 Å². The van der Waals surface area contributed by atoms with Crippen LogP contribution >= 0.6 is 0 Å². The molecule has 1 atom stereocenters. The maximum Gasteiger partial charge on any atom is 0.289 e. The summed E-state index contributed by atoms with van der Waals surface area (Å²) in [5.41, 5.74) is 2.68. The molecule has 0 bridgehead atoms. The monoisotopic (exact) mass is 353 g/mol. The smallest absolute Gasteiger partial charge is 0.289 e. The molecule has 3 aromatic heterocycles. The normalized spacial score (nSPS) is 17.2. The van der Waals surface area contributed by atoms with E-state index < -0.39 is 0 Å². The van der Waals surface area contributed by atoms with E-state index in [9.17, 15) is 4.79 Å². The average molecular weight is 353 g/mol. The highest BCUT2D eigenvalue weighted by Gasteiger charge is 2.30. The Morgan fingerprint density at radius 3 is 3.00 bits per heavy atom. The molecule has 0 aliphatic carbocycles. The van der Waals surface area contributed by atoms with Crippen molar-refractivity contribution in [1.29, 1.82) is 0 Å². The topological polar surface area (TPSA) is 75.7 Å². The van der Waals surface area contributed by atoms with Crippen LogP contribution in [0.3, 0.4) is 0 Å². The van der Waals surface area contributed by atoms with Crippen molar-refractivity contribution in [2.75, 3.05) is 18.4 Å². The minimum atomic E-state index is -0.0276. The van der Waals surface area contributed by atoms with Crippen LogP contribution in [0.25, 0.3) is 5.65 Å². The van der Waals surface area contributed by atoms with Crippen molar-refractivity contribution < 1.29 is 9.21 Å². The van der Waals surface area contributed by atoms with Crippen molar-refractivity contribution in [3.05, 3.63) is 47.2 Å². The number of nitrogens with zero attached hydrogens (tertiary/aromatic N) is 4. The highest BCUT2D eigenvalue weighted by molar-refractivity contribution is 5.93. The molecule has 26 heavy (non-hydrogen) atoms. The molecule has 0 aromatic carbocycles. The molecule has 1 unspecified atom stereocenters. The third kappa shape index (κ3) is 3.05. The molecule has 4 heterocycles. The van der Waals surface area contributed by atoms with Crippen molar-refractivity contribution in [3.8, 4) is 0 Å². The molecular formula is C19H23N5O2. The van der Waals surface area contributed by atoms with Gasteiger partial charge in [0.15, 0.2) is 11.4 Å². The van der Waals surface area contributed by atoms with Gasteiger partial charge in [0.05, 0.1) is 11.9 Å². The van der Waals surface area contributed by atoms with Crippen LogP contribution in [0, 0.1) is 13.8 Å². The summed E-state index contributed by atoms with van der Waals surface area (Å²) < 4.78 is 7.48. The molecule has 1 saturated heterocycles. The molecule has 0 spiro atoms. The zero-order chi connectivity index (χ0) is 18.3. The second-order valence-electron chi connectivity index (χ2n) is 6.86. The van der Waals surface area contributed by atoms with Crippen LogP contribution < -0.4 is 5.32 Å². The maximum atomic E-state index is 12.7. The van der Waals surface area contributed by atoms with E-state index in [0.29, 0.717) is 18.8 Å². The molecule has 7 nitrogen and oxygen atoms in total. The highest BCUT2D eigenvalue weighted by Crippen LogP contribution is 2.21. The van der Waals surface area contributed by atoms with Gasteiger partial charge in [-0.25, -0.2) is 9.50 Å². The van der Waals surface area contributed by atoms with Crippen LogP contribution in [-0.4, -0.2) is 44.5 Å². The molecular weight excluding hydrogens is 330 g/mol. The van der Waals surface area contributed by atoms with Crippen LogP contribution in [-0.2, 0) is 6.42 Å². The molecule has 0 radical (unpaired) electrons. The molecule has 0 saturated carbocycles. The molecule has 136 valence electrons. The number of aryl methyl sites for hydroxylation is 3. The Bertz CT molecular complexity index is 958. The number of anilines is 1. The number of imidazole rings is 1. The van der Waals surface area contributed by atoms with Gasteiger partial charge in [0.2, 0.25) is 0 Å². The number of hydrogen-bond acceptors (Lipinski definition) is 5. The minimum Gasteiger partial charge on any atom is -0.456 e. The largest absolute Gasteiger partial charge is 0.456 e. The van der Waals surface area contributed by atoms with Gasteiger partial charge in [0.1, 0.15) is 11.6 Å². The van der Waals surface area contributed by atoms with Gasteiger partial charge in [-0.1, -0.05) is 6.92 Å². The second kappa shape index (κ2) is 6.48. The Morgan fingerprint density at radius 1 is 1.38 bits per heavy atom. The molecule has 3 aromatic rings. The Kier molecular flexibility index (Phi) is 4.14. The van der Waals surface area contributed by atoms with Gasteiger partial charge < -0.3 is 14.6 Å². The molecule has 1 amide bonds. The van der Waals surface area contributed by atoms with E-state index in [4.69, 9.17) is 4.42 Å². The number of fused-ring (bicyclic) bond motifs is 1. The fourth-order valence-corrected chi connectivity index (χ4v) is 3.43. The first-order valence-corrected chi connectivity index (χ1v) is 9.01. The van der Waals surface area contributed by atoms with Gasteiger partial charge in [0, 0.05) is 31.1 Å². The summed E-state index contributed by atoms with van der Waals surface area (Å²) >= 11 is 0. The molecule has 4 rings (SSSR count). The first-order valence-electron chi connectivity index (χ1n) is 9.01. The Balaban J connectivity index is 1.44. The third-order valence-electron chi connectivity index (χ3n) is 4.78. The van der Waals surface area contributed by atoms with Crippen molar-refractivity contribution in [2.24, 2.45) is 0 Å². The number of likely N-dealkylation sites (tertiary alicyclic amines) is 1. The zero-order valence-electron chi connectivity index (χ0n) is 15.3. The maximum absolute atomic E-state index is 12.7. The Morgan fingerprint density at radius 2 is 2.23 bits per heavy atom. The lowest BCUT2D eigenvalue weighted by Gasteiger charge is -2.16. The van der Waals surface area contributed by atoms with E-state index in [1.54, 1.807) is 4.52 Å². The predicted octanol–water partition coefficient (Wildman–Crippen LogP) is 2.83. The average Bonchev–Trinajstić information content (AvgIpc) is 3.31. The summed E-state index contributed by atoms with van der Waals surface area (Å²) in [6.45, 7) is 7.25. The molecule has 1 fully saturated rings. The van der Waals surface area contributed by atoms with E-state index in [1.807, 2.05) is 50.1 Å². The van der Waals surface area contributed by atoms with E-state index in [1.165, 1.54) is 0 Å². The molecule has 7 heteroatoms. The number of carbonyl (C=O) groups is 1. The van der Waals surface area contributed by atoms with Gasteiger partial charge in [-0.05, 0) is 38.5 Å². The van der Waals surface area contributed by atoms with Crippen LogP contribution in [0.1, 0.15) is 40.9 Å². The molecule has 1 aliphatic rings. The van der Waals surface area contributed by atoms with Crippen molar-refractivity contribution in [3.63, 3.8) is 0 Å². The van der Waals surface area contributed by atoms with Gasteiger partial charge in [-0.15, -0.1) is 5.10 Å². The van der Waals surface area contributed by atoms with Crippen LogP contribution in [0.5, 0.6) is 0 Å². The number of rotatable bonds is 4. The minimum absolute atomic E-state index is 0.0276. The molecule has 1 aliphatic heterocycles. The SMILES string of the molecule is CCc1cc(C)c(C(=O)N2CCC(Nc3ccc4nc(C)cn4n3)C2)o1. The van der Waals surface area contributed by atoms with Gasteiger partial charge >= 0.3 is 0 Å². The highest BCUT2D eigenvalue weighted by atomic mass is 16.4. The van der Waals surface area contributed by atoms with Gasteiger partial charge in [-0.3, -0.25) is 4.79 Å². The number of hydrogen-bond donors (Lipinski definition) is 1. The van der Waals surface area contributed by atoms with E-state index in [-0.39, 0.29) is 11.9 Å². The number of amides is 1. The lowest BCUT2D eigenvalue weighted by molar-refractivity contribution is 0.0757. The summed E-state index contributed by atoms with van der Waals surface area (Å²) in [4.78, 5) is 19.0. The standard InChI is InChI=1S/C19H23N5O2/c1-4-15-9-12(2)18(26-15)19(25)23-8-7-14(11-23)21-16-5-6-17-20-13(3)10-24(17)22-16/h5-6,9-10,14H,4,7-8,11H2,1-3H3,(H,21,22). The van der Waals surface area contributed by atoms with Crippen molar-refractivity contribution >= 4 is 17.4 Å². The van der Waals surface area contributed by atoms with Crippen molar-refractivity contribution in [1.82, 2.24) is 19.5 Å². The summed E-state index contributed by atoms with van der Waals surface area (Å²) in [7, 11) is 0. The van der Waals surface area contributed by atoms with Gasteiger partial charge in [0.25, 0.3) is 5.91 Å². The predicted molar refractivity (Wildman–Crippen MR) is 98.5 cm³/mol. The lowest BCUT2D eigenvalue weighted by Crippen LogP contribution is -2.31. The van der Waals surface area contributed by atoms with Crippen LogP contribution in [0.4, 0.5) is 5.82 Å². The summed E-state index contributed by atoms with van der Waals surface area (Å²) in [6.07, 6.45) is 3.57. The fourth-order valence-electron chi connectivity index (χ4n) is 3.43. The van der Waals surface area contributed by atoms with E-state index in [0.717, 1.165) is 41.3 Å². The molecule has 1 N–H and O–H groups in total. The second-order valence-corrected chi connectivity index (χ2v) is 6.86. The fraction of sp³-hybridized carbons (Fsp3) is 0.421. The summed E-state index contributed by atoms with van der Waals surface area (Å²) in [6, 6.07) is 6.00. The third-order valence-corrected chi connectivity index (χ3v) is 4.78. The number of furan rings is 1. The van der Waals surface area contributed by atoms with Crippen molar-refractivity contribution in [2.45, 2.75) is 39.7 Å². The number of nitrogens with one attached hydrogen (secondary N) is 1. The quantitative estimate of drug-likeness (QED) is 0.780. The zero-order valence-corrected chi connectivity index (χ0v) is 15.3. The first-order chi connectivity index (χ1) is 12.5. The Labute approximate surface area is 152 Å². The number of carbonyl (C=O) groups excluding carboxylic acids is 1. The van der Waals surface area contributed by atoms with Gasteiger partial charge in [-0.2, -0.15) is 0 Å². The lowest BCUT2D eigenvalue weighted by atomic mass is 10.2. The summed E-state index contributed by atoms with van der Waals surface area (Å²) in [5, 5.41) is 7.96. The van der Waals surface area contributed by atoms with Crippen LogP contribution in [0.15, 0.2) is 28.8 Å². The number of aromatic nitrogens is 3. The Hall–Kier alpha value is -2.83.